The smallest absolute Gasteiger partial charge is 0.230 e. The number of rotatable bonds is 10. The average molecular weight is 300 g/mol. The molecule has 0 spiro atoms. The van der Waals surface area contributed by atoms with Crippen LogP contribution < -0.4 is 5.32 Å². The SMILES string of the molecule is CCOCCN(CCOCC)C(=O)C1(CC)CCCNC1. The third-order valence-electron chi connectivity index (χ3n) is 4.31. The van der Waals surface area contributed by atoms with Crippen molar-refractivity contribution in [1.82, 2.24) is 10.2 Å². The number of hydrogen-bond donors (Lipinski definition) is 1. The van der Waals surface area contributed by atoms with Crippen LogP contribution in [0.5, 0.6) is 0 Å². The fourth-order valence-electron chi connectivity index (χ4n) is 2.89. The van der Waals surface area contributed by atoms with E-state index in [0.717, 1.165) is 32.4 Å². The van der Waals surface area contributed by atoms with E-state index in [9.17, 15) is 4.79 Å². The number of hydrogen-bond acceptors (Lipinski definition) is 4. The van der Waals surface area contributed by atoms with Crippen LogP contribution in [-0.2, 0) is 14.3 Å². The molecule has 21 heavy (non-hydrogen) atoms. The molecule has 0 saturated carbocycles. The number of nitrogens with one attached hydrogen (secondary N) is 1. The maximum atomic E-state index is 13.0. The van der Waals surface area contributed by atoms with Gasteiger partial charge < -0.3 is 19.7 Å². The van der Waals surface area contributed by atoms with Crippen LogP contribution in [-0.4, -0.2) is 63.4 Å². The molecule has 0 aliphatic carbocycles. The van der Waals surface area contributed by atoms with Gasteiger partial charge in [0.05, 0.1) is 18.6 Å². The Kier molecular flexibility index (Phi) is 8.88. The summed E-state index contributed by atoms with van der Waals surface area (Å²) < 4.78 is 10.8. The zero-order valence-electron chi connectivity index (χ0n) is 14.0. The maximum absolute atomic E-state index is 13.0. The van der Waals surface area contributed by atoms with Crippen molar-refractivity contribution in [2.75, 3.05) is 52.6 Å². The van der Waals surface area contributed by atoms with Gasteiger partial charge in [0.2, 0.25) is 5.91 Å². The molecule has 1 aliphatic heterocycles. The number of carbonyl (C=O) groups excluding carboxylic acids is 1. The summed E-state index contributed by atoms with van der Waals surface area (Å²) in [6, 6.07) is 0. The van der Waals surface area contributed by atoms with E-state index >= 15 is 0 Å². The van der Waals surface area contributed by atoms with E-state index in [-0.39, 0.29) is 11.3 Å². The molecule has 1 atom stereocenters. The predicted molar refractivity (Wildman–Crippen MR) is 84.4 cm³/mol. The largest absolute Gasteiger partial charge is 0.380 e. The molecule has 1 N–H and O–H groups in total. The summed E-state index contributed by atoms with van der Waals surface area (Å²) in [5.74, 6) is 0.261. The first-order chi connectivity index (χ1) is 10.2. The second kappa shape index (κ2) is 10.1. The average Bonchev–Trinajstić information content (AvgIpc) is 2.53. The summed E-state index contributed by atoms with van der Waals surface area (Å²) in [5.41, 5.74) is -0.239. The van der Waals surface area contributed by atoms with Crippen LogP contribution in [0.4, 0.5) is 0 Å². The molecular formula is C16H32N2O3. The lowest BCUT2D eigenvalue weighted by molar-refractivity contribution is -0.145. The molecule has 1 saturated heterocycles. The van der Waals surface area contributed by atoms with Gasteiger partial charge in [-0.25, -0.2) is 0 Å². The summed E-state index contributed by atoms with van der Waals surface area (Å²) in [7, 11) is 0. The number of piperidine rings is 1. The molecular weight excluding hydrogens is 268 g/mol. The summed E-state index contributed by atoms with van der Waals surface area (Å²) >= 11 is 0. The van der Waals surface area contributed by atoms with Gasteiger partial charge in [0.15, 0.2) is 0 Å². The fourth-order valence-corrected chi connectivity index (χ4v) is 2.89. The van der Waals surface area contributed by atoms with E-state index in [4.69, 9.17) is 9.47 Å². The summed E-state index contributed by atoms with van der Waals surface area (Å²) in [5, 5.41) is 3.39. The van der Waals surface area contributed by atoms with Crippen molar-refractivity contribution in [3.63, 3.8) is 0 Å². The Labute approximate surface area is 129 Å². The van der Waals surface area contributed by atoms with Crippen LogP contribution in [0.3, 0.4) is 0 Å². The molecule has 1 heterocycles. The minimum atomic E-state index is -0.239. The van der Waals surface area contributed by atoms with Gasteiger partial charge in [-0.05, 0) is 39.7 Å². The van der Waals surface area contributed by atoms with Crippen molar-refractivity contribution in [3.05, 3.63) is 0 Å². The van der Waals surface area contributed by atoms with Crippen molar-refractivity contribution in [1.29, 1.82) is 0 Å². The summed E-state index contributed by atoms with van der Waals surface area (Å²) in [6.07, 6.45) is 2.94. The third-order valence-corrected chi connectivity index (χ3v) is 4.31. The maximum Gasteiger partial charge on any atom is 0.230 e. The van der Waals surface area contributed by atoms with Crippen molar-refractivity contribution in [2.45, 2.75) is 40.0 Å². The Morgan fingerprint density at radius 3 is 2.19 bits per heavy atom. The zero-order chi connectivity index (χ0) is 15.6. The molecule has 0 radical (unpaired) electrons. The highest BCUT2D eigenvalue weighted by Gasteiger charge is 2.40. The molecule has 1 amide bonds. The molecule has 0 aromatic heterocycles. The Morgan fingerprint density at radius 1 is 1.14 bits per heavy atom. The standard InChI is InChI=1S/C16H32N2O3/c1-4-16(8-7-9-17-14-16)15(19)18(10-12-20-5-2)11-13-21-6-3/h17H,4-14H2,1-3H3. The fraction of sp³-hybridized carbons (Fsp3) is 0.938. The Bertz CT molecular complexity index is 281. The van der Waals surface area contributed by atoms with E-state index in [1.165, 1.54) is 0 Å². The first-order valence-electron chi connectivity index (χ1n) is 8.35. The molecule has 0 bridgehead atoms. The number of amides is 1. The highest BCUT2D eigenvalue weighted by Crippen LogP contribution is 2.32. The molecule has 1 fully saturated rings. The van der Waals surface area contributed by atoms with E-state index in [1.807, 2.05) is 18.7 Å². The monoisotopic (exact) mass is 300 g/mol. The van der Waals surface area contributed by atoms with Gasteiger partial charge in [-0.3, -0.25) is 4.79 Å². The lowest BCUT2D eigenvalue weighted by Gasteiger charge is -2.39. The third kappa shape index (κ3) is 5.57. The minimum Gasteiger partial charge on any atom is -0.380 e. The summed E-state index contributed by atoms with van der Waals surface area (Å²) in [6.45, 7) is 11.8. The van der Waals surface area contributed by atoms with Gasteiger partial charge in [0.25, 0.3) is 0 Å². The quantitative estimate of drug-likeness (QED) is 0.624. The van der Waals surface area contributed by atoms with Crippen LogP contribution in [0.1, 0.15) is 40.0 Å². The first-order valence-corrected chi connectivity index (χ1v) is 8.35. The number of nitrogens with zero attached hydrogens (tertiary/aromatic N) is 1. The van der Waals surface area contributed by atoms with Crippen LogP contribution in [0.15, 0.2) is 0 Å². The lowest BCUT2D eigenvalue weighted by Crippen LogP contribution is -2.53. The number of carbonyl (C=O) groups is 1. The second-order valence-corrected chi connectivity index (χ2v) is 5.60. The topological polar surface area (TPSA) is 50.8 Å². The molecule has 124 valence electrons. The molecule has 1 unspecified atom stereocenters. The molecule has 0 aromatic rings. The molecule has 1 rings (SSSR count). The van der Waals surface area contributed by atoms with E-state index in [2.05, 4.69) is 12.2 Å². The number of ether oxygens (including phenoxy) is 2. The van der Waals surface area contributed by atoms with Gasteiger partial charge in [-0.2, -0.15) is 0 Å². The Hall–Kier alpha value is -0.650. The zero-order valence-corrected chi connectivity index (χ0v) is 14.0. The van der Waals surface area contributed by atoms with Gasteiger partial charge in [-0.15, -0.1) is 0 Å². The molecule has 0 aromatic carbocycles. The van der Waals surface area contributed by atoms with Crippen LogP contribution in [0.25, 0.3) is 0 Å². The minimum absolute atomic E-state index is 0.239. The summed E-state index contributed by atoms with van der Waals surface area (Å²) in [4.78, 5) is 14.9. The first kappa shape index (κ1) is 18.4. The van der Waals surface area contributed by atoms with Crippen molar-refractivity contribution >= 4 is 5.91 Å². The molecule has 5 heteroatoms. The normalized spacial score (nSPS) is 22.2. The van der Waals surface area contributed by atoms with E-state index in [0.29, 0.717) is 39.5 Å². The van der Waals surface area contributed by atoms with Crippen LogP contribution >= 0.6 is 0 Å². The highest BCUT2D eigenvalue weighted by atomic mass is 16.5. The van der Waals surface area contributed by atoms with Gasteiger partial charge in [0, 0.05) is 32.8 Å². The van der Waals surface area contributed by atoms with Gasteiger partial charge in [-0.1, -0.05) is 6.92 Å². The molecule has 5 nitrogen and oxygen atoms in total. The van der Waals surface area contributed by atoms with Gasteiger partial charge in [0.1, 0.15) is 0 Å². The lowest BCUT2D eigenvalue weighted by atomic mass is 9.77. The Morgan fingerprint density at radius 2 is 1.76 bits per heavy atom. The van der Waals surface area contributed by atoms with E-state index in [1.54, 1.807) is 0 Å². The Balaban J connectivity index is 2.65. The van der Waals surface area contributed by atoms with Crippen LogP contribution in [0, 0.1) is 5.41 Å². The molecule has 1 aliphatic rings. The van der Waals surface area contributed by atoms with Crippen molar-refractivity contribution in [3.8, 4) is 0 Å². The predicted octanol–water partition coefficient (Wildman–Crippen LogP) is 1.67. The second-order valence-electron chi connectivity index (χ2n) is 5.60. The van der Waals surface area contributed by atoms with Gasteiger partial charge >= 0.3 is 0 Å². The van der Waals surface area contributed by atoms with Crippen LogP contribution in [0.2, 0.25) is 0 Å². The van der Waals surface area contributed by atoms with E-state index < -0.39 is 0 Å². The highest BCUT2D eigenvalue weighted by molar-refractivity contribution is 5.83. The van der Waals surface area contributed by atoms with Crippen molar-refractivity contribution < 1.29 is 14.3 Å². The van der Waals surface area contributed by atoms with Crippen molar-refractivity contribution in [2.24, 2.45) is 5.41 Å².